The van der Waals surface area contributed by atoms with Crippen LogP contribution < -0.4 is 0 Å². The molecule has 3 aromatic heterocycles. The summed E-state index contributed by atoms with van der Waals surface area (Å²) >= 11 is 0. The van der Waals surface area contributed by atoms with Gasteiger partial charge in [-0.2, -0.15) is 0 Å². The molecular formula is C24H18N2O4S. The molecule has 5 aromatic rings. The molecule has 0 atom stereocenters. The van der Waals surface area contributed by atoms with Crippen molar-refractivity contribution < 1.29 is 17.3 Å². The molecule has 0 amide bonds. The molecule has 0 radical (unpaired) electrons. The van der Waals surface area contributed by atoms with Crippen molar-refractivity contribution in [3.8, 4) is 22.9 Å². The number of benzene rings is 2. The lowest BCUT2D eigenvalue weighted by molar-refractivity contribution is 0.572. The fraction of sp³-hybridized carbons (Fsp3) is 0.0833. The predicted molar refractivity (Wildman–Crippen MR) is 117 cm³/mol. The normalized spacial score (nSPS) is 11.8. The van der Waals surface area contributed by atoms with Crippen LogP contribution in [0.1, 0.15) is 11.1 Å². The maximum atomic E-state index is 12.8. The Bertz CT molecular complexity index is 1450. The van der Waals surface area contributed by atoms with Gasteiger partial charge in [0.15, 0.2) is 21.4 Å². The van der Waals surface area contributed by atoms with E-state index >= 15 is 0 Å². The topological polar surface area (TPSA) is 86.2 Å². The van der Waals surface area contributed by atoms with E-state index in [1.54, 1.807) is 73.2 Å². The van der Waals surface area contributed by atoms with Gasteiger partial charge in [-0.05, 0) is 61.0 Å². The highest BCUT2D eigenvalue weighted by Crippen LogP contribution is 2.32. The first kappa shape index (κ1) is 19.3. The van der Waals surface area contributed by atoms with E-state index in [2.05, 4.69) is 0 Å². The molecule has 0 spiro atoms. The number of hydrogen-bond acceptors (Lipinski definition) is 6. The van der Waals surface area contributed by atoms with Gasteiger partial charge >= 0.3 is 0 Å². The fourth-order valence-corrected chi connectivity index (χ4v) is 4.74. The quantitative estimate of drug-likeness (QED) is 0.369. The molecule has 0 saturated carbocycles. The zero-order valence-corrected chi connectivity index (χ0v) is 17.5. The standard InChI is InChI=1S/C24H18N2O4S/c1-16-6-9-18(10-7-16)31(27,28)15-17-8-11-19-20(14-17)26-24(22-5-3-13-30-22)23(25-19)21-4-2-12-29-21/h2-14H,15H2,1H3. The lowest BCUT2D eigenvalue weighted by atomic mass is 10.1. The molecule has 0 aliphatic rings. The van der Waals surface area contributed by atoms with Crippen LogP contribution in [0.25, 0.3) is 33.9 Å². The molecule has 0 fully saturated rings. The molecule has 0 aliphatic heterocycles. The maximum absolute atomic E-state index is 12.8. The van der Waals surface area contributed by atoms with E-state index in [9.17, 15) is 8.42 Å². The Labute approximate surface area is 179 Å². The first-order valence-corrected chi connectivity index (χ1v) is 11.3. The van der Waals surface area contributed by atoms with Gasteiger partial charge in [-0.1, -0.05) is 23.8 Å². The third kappa shape index (κ3) is 3.75. The van der Waals surface area contributed by atoms with E-state index in [4.69, 9.17) is 18.8 Å². The van der Waals surface area contributed by atoms with Crippen LogP contribution in [-0.2, 0) is 15.6 Å². The summed E-state index contributed by atoms with van der Waals surface area (Å²) in [7, 11) is -3.48. The van der Waals surface area contributed by atoms with Gasteiger partial charge in [-0.25, -0.2) is 18.4 Å². The highest BCUT2D eigenvalue weighted by molar-refractivity contribution is 7.90. The monoisotopic (exact) mass is 430 g/mol. The molecule has 2 aromatic carbocycles. The van der Waals surface area contributed by atoms with Gasteiger partial charge < -0.3 is 8.83 Å². The Morgan fingerprint density at radius 3 is 1.97 bits per heavy atom. The molecule has 7 heteroatoms. The first-order chi connectivity index (χ1) is 15.0. The summed E-state index contributed by atoms with van der Waals surface area (Å²) in [6, 6.07) is 19.3. The van der Waals surface area contributed by atoms with Crippen LogP contribution in [0.5, 0.6) is 0 Å². The van der Waals surface area contributed by atoms with Crippen molar-refractivity contribution in [1.82, 2.24) is 9.97 Å². The molecule has 31 heavy (non-hydrogen) atoms. The average Bonchev–Trinajstić information content (AvgIpc) is 3.47. The zero-order valence-electron chi connectivity index (χ0n) is 16.6. The Morgan fingerprint density at radius 1 is 0.774 bits per heavy atom. The van der Waals surface area contributed by atoms with Crippen LogP contribution in [0.15, 0.2) is 93.0 Å². The summed E-state index contributed by atoms with van der Waals surface area (Å²) in [5, 5.41) is 0. The second kappa shape index (κ2) is 7.52. The van der Waals surface area contributed by atoms with Gasteiger partial charge in [0.05, 0.1) is 34.2 Å². The lowest BCUT2D eigenvalue weighted by Crippen LogP contribution is -2.05. The second-order valence-electron chi connectivity index (χ2n) is 7.27. The largest absolute Gasteiger partial charge is 0.463 e. The summed E-state index contributed by atoms with van der Waals surface area (Å²) in [6.45, 7) is 1.92. The number of aromatic nitrogens is 2. The summed E-state index contributed by atoms with van der Waals surface area (Å²) in [5.41, 5.74) is 3.96. The van der Waals surface area contributed by atoms with Crippen LogP contribution in [0, 0.1) is 6.92 Å². The first-order valence-electron chi connectivity index (χ1n) is 9.67. The summed E-state index contributed by atoms with van der Waals surface area (Å²) in [6.07, 6.45) is 3.14. The Balaban J connectivity index is 1.58. The number of fused-ring (bicyclic) bond motifs is 1. The van der Waals surface area contributed by atoms with Crippen molar-refractivity contribution in [2.24, 2.45) is 0 Å². The number of nitrogens with zero attached hydrogens (tertiary/aromatic N) is 2. The zero-order chi connectivity index (χ0) is 21.4. The fourth-order valence-electron chi connectivity index (χ4n) is 3.41. The predicted octanol–water partition coefficient (Wildman–Crippen LogP) is 5.43. The van der Waals surface area contributed by atoms with E-state index in [0.29, 0.717) is 44.4 Å². The number of sulfone groups is 1. The Hall–Kier alpha value is -3.71. The third-order valence-electron chi connectivity index (χ3n) is 4.97. The molecule has 0 unspecified atom stereocenters. The molecule has 154 valence electrons. The van der Waals surface area contributed by atoms with Crippen LogP contribution in [-0.4, -0.2) is 18.4 Å². The van der Waals surface area contributed by atoms with Crippen molar-refractivity contribution in [3.05, 3.63) is 90.4 Å². The minimum atomic E-state index is -3.48. The second-order valence-corrected chi connectivity index (χ2v) is 9.26. The van der Waals surface area contributed by atoms with Crippen LogP contribution in [0.3, 0.4) is 0 Å². The molecular weight excluding hydrogens is 412 g/mol. The lowest BCUT2D eigenvalue weighted by Gasteiger charge is -2.09. The summed E-state index contributed by atoms with van der Waals surface area (Å²) < 4.78 is 36.8. The van der Waals surface area contributed by atoms with Crippen molar-refractivity contribution in [1.29, 1.82) is 0 Å². The number of hydrogen-bond donors (Lipinski definition) is 0. The van der Waals surface area contributed by atoms with Gasteiger partial charge in [0.1, 0.15) is 11.4 Å². The molecule has 3 heterocycles. The molecule has 0 bridgehead atoms. The van der Waals surface area contributed by atoms with E-state index in [-0.39, 0.29) is 5.75 Å². The molecule has 0 aliphatic carbocycles. The molecule has 5 rings (SSSR count). The summed E-state index contributed by atoms with van der Waals surface area (Å²) in [5.74, 6) is 1.01. The highest BCUT2D eigenvalue weighted by Gasteiger charge is 2.19. The molecule has 6 nitrogen and oxygen atoms in total. The SMILES string of the molecule is Cc1ccc(S(=O)(=O)Cc2ccc3nc(-c4ccco4)c(-c4ccco4)nc3c2)cc1. The van der Waals surface area contributed by atoms with Crippen molar-refractivity contribution in [2.75, 3.05) is 0 Å². The minimum Gasteiger partial charge on any atom is -0.463 e. The Morgan fingerprint density at radius 2 is 1.39 bits per heavy atom. The van der Waals surface area contributed by atoms with Crippen LogP contribution >= 0.6 is 0 Å². The number of aryl methyl sites for hydroxylation is 1. The van der Waals surface area contributed by atoms with E-state index in [1.165, 1.54) is 0 Å². The van der Waals surface area contributed by atoms with Crippen molar-refractivity contribution in [2.45, 2.75) is 17.6 Å². The van der Waals surface area contributed by atoms with Crippen LogP contribution in [0.2, 0.25) is 0 Å². The maximum Gasteiger partial charge on any atom is 0.182 e. The van der Waals surface area contributed by atoms with E-state index < -0.39 is 9.84 Å². The van der Waals surface area contributed by atoms with Gasteiger partial charge in [0.25, 0.3) is 0 Å². The van der Waals surface area contributed by atoms with Crippen molar-refractivity contribution in [3.63, 3.8) is 0 Å². The highest BCUT2D eigenvalue weighted by atomic mass is 32.2. The number of rotatable bonds is 5. The van der Waals surface area contributed by atoms with Gasteiger partial charge in [-0.15, -0.1) is 0 Å². The average molecular weight is 430 g/mol. The third-order valence-corrected chi connectivity index (χ3v) is 6.68. The van der Waals surface area contributed by atoms with Gasteiger partial charge in [0, 0.05) is 0 Å². The van der Waals surface area contributed by atoms with Gasteiger partial charge in [0.2, 0.25) is 0 Å². The van der Waals surface area contributed by atoms with E-state index in [1.807, 2.05) is 13.0 Å². The van der Waals surface area contributed by atoms with Gasteiger partial charge in [-0.3, -0.25) is 0 Å². The molecule has 0 N–H and O–H groups in total. The Kier molecular flexibility index (Phi) is 4.67. The smallest absolute Gasteiger partial charge is 0.182 e. The minimum absolute atomic E-state index is 0.121. The molecule has 0 saturated heterocycles. The van der Waals surface area contributed by atoms with Crippen LogP contribution in [0.4, 0.5) is 0 Å². The number of furan rings is 2. The van der Waals surface area contributed by atoms with Crippen molar-refractivity contribution >= 4 is 20.9 Å². The summed E-state index contributed by atoms with van der Waals surface area (Å²) in [4.78, 5) is 9.75. The van der Waals surface area contributed by atoms with E-state index in [0.717, 1.165) is 5.56 Å².